The van der Waals surface area contributed by atoms with Crippen molar-refractivity contribution in [2.45, 2.75) is 52.1 Å². The smallest absolute Gasteiger partial charge is 0.237 e. The van der Waals surface area contributed by atoms with E-state index in [1.54, 1.807) is 6.20 Å². The summed E-state index contributed by atoms with van der Waals surface area (Å²) in [4.78, 5) is 16.0. The molecule has 1 atom stereocenters. The zero-order valence-electron chi connectivity index (χ0n) is 12.4. The van der Waals surface area contributed by atoms with E-state index in [0.717, 1.165) is 19.4 Å². The first-order chi connectivity index (χ1) is 8.94. The van der Waals surface area contributed by atoms with Crippen LogP contribution in [0.1, 0.15) is 39.7 Å². The van der Waals surface area contributed by atoms with E-state index in [0.29, 0.717) is 0 Å². The van der Waals surface area contributed by atoms with Crippen LogP contribution in [-0.4, -0.2) is 29.0 Å². The van der Waals surface area contributed by atoms with Gasteiger partial charge >= 0.3 is 0 Å². The van der Waals surface area contributed by atoms with Gasteiger partial charge < -0.3 is 10.6 Å². The molecule has 1 amide bonds. The van der Waals surface area contributed by atoms with E-state index < -0.39 is 0 Å². The molecule has 19 heavy (non-hydrogen) atoms. The average molecular weight is 263 g/mol. The second-order valence-corrected chi connectivity index (χ2v) is 5.51. The van der Waals surface area contributed by atoms with E-state index in [4.69, 9.17) is 0 Å². The van der Waals surface area contributed by atoms with Crippen molar-refractivity contribution < 1.29 is 4.79 Å². The molecule has 0 aliphatic heterocycles. The normalized spacial score (nSPS) is 13.1. The van der Waals surface area contributed by atoms with Gasteiger partial charge in [0.05, 0.1) is 6.04 Å². The van der Waals surface area contributed by atoms with Crippen molar-refractivity contribution >= 4 is 5.91 Å². The lowest BCUT2D eigenvalue weighted by molar-refractivity contribution is -0.124. The van der Waals surface area contributed by atoms with E-state index in [9.17, 15) is 4.79 Å². The van der Waals surface area contributed by atoms with Gasteiger partial charge in [-0.15, -0.1) is 0 Å². The molecule has 0 fully saturated rings. The highest BCUT2D eigenvalue weighted by Gasteiger charge is 2.21. The number of pyridine rings is 1. The summed E-state index contributed by atoms with van der Waals surface area (Å²) in [6, 6.07) is 3.79. The predicted octanol–water partition coefficient (Wildman–Crippen LogP) is 1.91. The summed E-state index contributed by atoms with van der Waals surface area (Å²) in [5.74, 6) is 0.0537. The van der Waals surface area contributed by atoms with Crippen LogP contribution >= 0.6 is 0 Å². The van der Waals surface area contributed by atoms with Crippen LogP contribution in [0.4, 0.5) is 0 Å². The highest BCUT2D eigenvalue weighted by Crippen LogP contribution is 2.07. The van der Waals surface area contributed by atoms with E-state index >= 15 is 0 Å². The van der Waals surface area contributed by atoms with Crippen LogP contribution < -0.4 is 10.6 Å². The summed E-state index contributed by atoms with van der Waals surface area (Å²) in [6.45, 7) is 8.80. The number of aromatic nitrogens is 1. The SMILES string of the molecule is CCC(C)(C)NC(=O)C(C)NCCc1cccnc1. The molecule has 0 aliphatic carbocycles. The molecule has 0 saturated heterocycles. The summed E-state index contributed by atoms with van der Waals surface area (Å²) in [5, 5.41) is 6.28. The first-order valence-electron chi connectivity index (χ1n) is 6.89. The summed E-state index contributed by atoms with van der Waals surface area (Å²) in [6.07, 6.45) is 5.41. The van der Waals surface area contributed by atoms with E-state index in [1.165, 1.54) is 5.56 Å². The summed E-state index contributed by atoms with van der Waals surface area (Å²) in [7, 11) is 0. The molecule has 0 bridgehead atoms. The third kappa shape index (κ3) is 5.83. The van der Waals surface area contributed by atoms with Crippen LogP contribution in [0.25, 0.3) is 0 Å². The largest absolute Gasteiger partial charge is 0.350 e. The zero-order valence-corrected chi connectivity index (χ0v) is 12.4. The Balaban J connectivity index is 2.31. The maximum Gasteiger partial charge on any atom is 0.237 e. The van der Waals surface area contributed by atoms with Crippen molar-refractivity contribution in [2.75, 3.05) is 6.54 Å². The van der Waals surface area contributed by atoms with Gasteiger partial charge in [0.1, 0.15) is 0 Å². The number of hydrogen-bond donors (Lipinski definition) is 2. The minimum atomic E-state index is -0.178. The third-order valence-electron chi connectivity index (χ3n) is 3.33. The highest BCUT2D eigenvalue weighted by molar-refractivity contribution is 5.81. The first kappa shape index (κ1) is 15.6. The van der Waals surface area contributed by atoms with Gasteiger partial charge in [-0.05, 0) is 51.8 Å². The third-order valence-corrected chi connectivity index (χ3v) is 3.33. The minimum absolute atomic E-state index is 0.0537. The molecule has 0 spiro atoms. The van der Waals surface area contributed by atoms with E-state index in [1.807, 2.05) is 39.1 Å². The Morgan fingerprint density at radius 3 is 2.79 bits per heavy atom. The van der Waals surface area contributed by atoms with Gasteiger partial charge in [0.15, 0.2) is 0 Å². The topological polar surface area (TPSA) is 54.0 Å². The number of carbonyl (C=O) groups is 1. The van der Waals surface area contributed by atoms with E-state index in [-0.39, 0.29) is 17.5 Å². The van der Waals surface area contributed by atoms with Crippen molar-refractivity contribution in [1.82, 2.24) is 15.6 Å². The van der Waals surface area contributed by atoms with Gasteiger partial charge in [-0.25, -0.2) is 0 Å². The number of amides is 1. The first-order valence-corrected chi connectivity index (χ1v) is 6.89. The van der Waals surface area contributed by atoms with Gasteiger partial charge in [-0.1, -0.05) is 13.0 Å². The standard InChI is InChI=1S/C15H25N3O/c1-5-15(3,4)18-14(19)12(2)17-10-8-13-7-6-9-16-11-13/h6-7,9,11-12,17H,5,8,10H2,1-4H3,(H,18,19). The van der Waals surface area contributed by atoms with Gasteiger partial charge in [-0.3, -0.25) is 9.78 Å². The minimum Gasteiger partial charge on any atom is -0.350 e. The summed E-state index contributed by atoms with van der Waals surface area (Å²) >= 11 is 0. The molecule has 0 aromatic carbocycles. The molecule has 4 heteroatoms. The Bertz CT molecular complexity index is 390. The Hall–Kier alpha value is -1.42. The fourth-order valence-electron chi connectivity index (χ4n) is 1.60. The second kappa shape index (κ2) is 7.24. The Morgan fingerprint density at radius 1 is 1.47 bits per heavy atom. The number of nitrogens with one attached hydrogen (secondary N) is 2. The van der Waals surface area contributed by atoms with E-state index in [2.05, 4.69) is 22.5 Å². The number of rotatable bonds is 7. The Labute approximate surface area is 116 Å². The van der Waals surface area contributed by atoms with Crippen molar-refractivity contribution in [3.8, 4) is 0 Å². The number of carbonyl (C=O) groups excluding carboxylic acids is 1. The van der Waals surface area contributed by atoms with Crippen LogP contribution in [0.5, 0.6) is 0 Å². The van der Waals surface area contributed by atoms with Crippen molar-refractivity contribution in [3.05, 3.63) is 30.1 Å². The van der Waals surface area contributed by atoms with Gasteiger partial charge in [-0.2, -0.15) is 0 Å². The lowest BCUT2D eigenvalue weighted by atomic mass is 10.0. The summed E-state index contributed by atoms with van der Waals surface area (Å²) in [5.41, 5.74) is 1.03. The summed E-state index contributed by atoms with van der Waals surface area (Å²) < 4.78 is 0. The molecular weight excluding hydrogens is 238 g/mol. The fourth-order valence-corrected chi connectivity index (χ4v) is 1.60. The predicted molar refractivity (Wildman–Crippen MR) is 77.9 cm³/mol. The number of nitrogens with zero attached hydrogens (tertiary/aromatic N) is 1. The maximum absolute atomic E-state index is 12.0. The molecule has 0 saturated carbocycles. The molecule has 1 aromatic rings. The monoisotopic (exact) mass is 263 g/mol. The lowest BCUT2D eigenvalue weighted by Gasteiger charge is -2.26. The van der Waals surface area contributed by atoms with Crippen molar-refractivity contribution in [1.29, 1.82) is 0 Å². The zero-order chi connectivity index (χ0) is 14.3. The highest BCUT2D eigenvalue weighted by atomic mass is 16.2. The lowest BCUT2D eigenvalue weighted by Crippen LogP contribution is -2.50. The molecule has 2 N–H and O–H groups in total. The quantitative estimate of drug-likeness (QED) is 0.790. The van der Waals surface area contributed by atoms with Crippen LogP contribution in [0.2, 0.25) is 0 Å². The molecule has 1 unspecified atom stereocenters. The molecule has 0 aliphatic rings. The van der Waals surface area contributed by atoms with Crippen LogP contribution in [0, 0.1) is 0 Å². The van der Waals surface area contributed by atoms with Crippen molar-refractivity contribution in [2.24, 2.45) is 0 Å². The molecule has 1 aromatic heterocycles. The molecule has 1 rings (SSSR count). The molecular formula is C15H25N3O. The van der Waals surface area contributed by atoms with Gasteiger partial charge in [0, 0.05) is 17.9 Å². The average Bonchev–Trinajstić information content (AvgIpc) is 2.39. The van der Waals surface area contributed by atoms with Crippen LogP contribution in [0.3, 0.4) is 0 Å². The second-order valence-electron chi connectivity index (χ2n) is 5.51. The number of hydrogen-bond acceptors (Lipinski definition) is 3. The van der Waals surface area contributed by atoms with Gasteiger partial charge in [0.2, 0.25) is 5.91 Å². The molecule has 1 heterocycles. The van der Waals surface area contributed by atoms with Crippen LogP contribution in [0.15, 0.2) is 24.5 Å². The maximum atomic E-state index is 12.0. The van der Waals surface area contributed by atoms with Crippen LogP contribution in [-0.2, 0) is 11.2 Å². The fraction of sp³-hybridized carbons (Fsp3) is 0.600. The molecule has 4 nitrogen and oxygen atoms in total. The molecule has 106 valence electrons. The Kier molecular flexibility index (Phi) is 5.96. The molecule has 0 radical (unpaired) electrons. The van der Waals surface area contributed by atoms with Gasteiger partial charge in [0.25, 0.3) is 0 Å². The Morgan fingerprint density at radius 2 is 2.21 bits per heavy atom. The van der Waals surface area contributed by atoms with Crippen molar-refractivity contribution in [3.63, 3.8) is 0 Å².